The number of carbonyl (C=O) groups excluding carboxylic acids is 2. The fraction of sp³-hybridized carbons (Fsp3) is 0.435. The highest BCUT2D eigenvalue weighted by Crippen LogP contribution is 2.24. The van der Waals surface area contributed by atoms with Crippen LogP contribution in [0, 0.1) is 11.7 Å². The second-order valence-corrected chi connectivity index (χ2v) is 8.62. The number of urea groups is 1. The van der Waals surface area contributed by atoms with Gasteiger partial charge in [-0.05, 0) is 48.6 Å². The molecule has 0 saturated carbocycles. The van der Waals surface area contributed by atoms with E-state index in [1.54, 1.807) is 41.6 Å². The molecule has 3 rings (SSSR count). The molecular weight excluding hydrogens is 397 g/mol. The summed E-state index contributed by atoms with van der Waals surface area (Å²) in [4.78, 5) is 30.7. The van der Waals surface area contributed by atoms with Gasteiger partial charge >= 0.3 is 6.03 Å². The molecular formula is C23H30FN5O2. The van der Waals surface area contributed by atoms with Gasteiger partial charge in [-0.3, -0.25) is 9.78 Å². The van der Waals surface area contributed by atoms with Crippen LogP contribution in [0.25, 0.3) is 0 Å². The Morgan fingerprint density at radius 3 is 2.39 bits per heavy atom. The molecule has 2 aromatic rings. The highest BCUT2D eigenvalue weighted by molar-refractivity contribution is 5.89. The third-order valence-electron chi connectivity index (χ3n) is 5.90. The van der Waals surface area contributed by atoms with E-state index in [9.17, 15) is 14.0 Å². The third-order valence-corrected chi connectivity index (χ3v) is 5.90. The summed E-state index contributed by atoms with van der Waals surface area (Å²) < 4.78 is 13.2. The Morgan fingerprint density at radius 1 is 1.16 bits per heavy atom. The topological polar surface area (TPSA) is 100 Å². The highest BCUT2D eigenvalue weighted by atomic mass is 19.1. The van der Waals surface area contributed by atoms with Gasteiger partial charge in [-0.1, -0.05) is 26.0 Å². The van der Waals surface area contributed by atoms with E-state index in [0.717, 1.165) is 5.56 Å². The van der Waals surface area contributed by atoms with Crippen LogP contribution < -0.4 is 16.4 Å². The van der Waals surface area contributed by atoms with E-state index in [1.165, 1.54) is 12.1 Å². The van der Waals surface area contributed by atoms with Crippen molar-refractivity contribution in [3.63, 3.8) is 0 Å². The Bertz CT molecular complexity index is 881. The molecule has 1 aliphatic rings. The third kappa shape index (κ3) is 6.01. The van der Waals surface area contributed by atoms with Crippen LogP contribution >= 0.6 is 0 Å². The number of aromatic nitrogens is 1. The number of nitrogens with one attached hydrogen (secondary N) is 2. The number of halogens is 1. The minimum atomic E-state index is -0.630. The summed E-state index contributed by atoms with van der Waals surface area (Å²) in [7, 11) is 0. The van der Waals surface area contributed by atoms with Gasteiger partial charge in [0.1, 0.15) is 5.82 Å². The standard InChI is InChI=1S/C23H30FN5O2/c1-23(2,17-3-5-18(24)6-4-17)15-27-21(30)20(25)16-9-13-29(14-10-16)22(31)28-19-7-11-26-12-8-19/h3-8,11-12,16,20H,9-10,13-15,25H2,1-2H3,(H,27,30)(H,26,28,31)/t20-/m0/s1. The number of pyridine rings is 1. The van der Waals surface area contributed by atoms with Crippen LogP contribution in [0.3, 0.4) is 0 Å². The molecule has 1 aliphatic heterocycles. The molecule has 2 heterocycles. The van der Waals surface area contributed by atoms with Gasteiger partial charge in [-0.2, -0.15) is 0 Å². The lowest BCUT2D eigenvalue weighted by atomic mass is 9.84. The van der Waals surface area contributed by atoms with Crippen molar-refractivity contribution in [1.29, 1.82) is 0 Å². The van der Waals surface area contributed by atoms with Crippen LogP contribution in [0.5, 0.6) is 0 Å². The summed E-state index contributed by atoms with van der Waals surface area (Å²) in [5.74, 6) is -0.472. The van der Waals surface area contributed by atoms with E-state index < -0.39 is 6.04 Å². The highest BCUT2D eigenvalue weighted by Gasteiger charge is 2.31. The van der Waals surface area contributed by atoms with Crippen molar-refractivity contribution in [2.75, 3.05) is 25.0 Å². The number of benzene rings is 1. The molecule has 166 valence electrons. The van der Waals surface area contributed by atoms with Crippen molar-refractivity contribution < 1.29 is 14.0 Å². The maximum absolute atomic E-state index is 13.2. The second-order valence-electron chi connectivity index (χ2n) is 8.62. The number of likely N-dealkylation sites (tertiary alicyclic amines) is 1. The van der Waals surface area contributed by atoms with E-state index in [2.05, 4.69) is 15.6 Å². The molecule has 4 N–H and O–H groups in total. The van der Waals surface area contributed by atoms with Crippen molar-refractivity contribution >= 4 is 17.6 Å². The minimum Gasteiger partial charge on any atom is -0.354 e. The Balaban J connectivity index is 1.46. The second kappa shape index (κ2) is 9.87. The SMILES string of the molecule is CC(C)(CNC(=O)[C@@H](N)C1CCN(C(=O)Nc2ccncc2)CC1)c1ccc(F)cc1. The molecule has 1 aromatic carbocycles. The van der Waals surface area contributed by atoms with Gasteiger partial charge in [0, 0.05) is 43.1 Å². The van der Waals surface area contributed by atoms with Gasteiger partial charge in [-0.25, -0.2) is 9.18 Å². The zero-order valence-corrected chi connectivity index (χ0v) is 18.0. The molecule has 31 heavy (non-hydrogen) atoms. The first-order valence-electron chi connectivity index (χ1n) is 10.5. The Hall–Kier alpha value is -3.00. The number of hydrogen-bond donors (Lipinski definition) is 3. The van der Waals surface area contributed by atoms with Crippen molar-refractivity contribution in [1.82, 2.24) is 15.2 Å². The maximum atomic E-state index is 13.2. The Labute approximate surface area is 182 Å². The number of nitrogens with two attached hydrogens (primary N) is 1. The predicted octanol–water partition coefficient (Wildman–Crippen LogP) is 2.89. The lowest BCUT2D eigenvalue weighted by Crippen LogP contribution is -2.52. The molecule has 0 radical (unpaired) electrons. The van der Waals surface area contributed by atoms with Crippen molar-refractivity contribution in [3.8, 4) is 0 Å². The van der Waals surface area contributed by atoms with Gasteiger partial charge in [-0.15, -0.1) is 0 Å². The predicted molar refractivity (Wildman–Crippen MR) is 118 cm³/mol. The van der Waals surface area contributed by atoms with Crippen LogP contribution in [-0.2, 0) is 10.2 Å². The molecule has 3 amide bonds. The van der Waals surface area contributed by atoms with E-state index in [-0.39, 0.29) is 29.1 Å². The first-order chi connectivity index (χ1) is 14.8. The molecule has 0 spiro atoms. The molecule has 1 aromatic heterocycles. The first kappa shape index (κ1) is 22.7. The van der Waals surface area contributed by atoms with Gasteiger partial charge < -0.3 is 21.3 Å². The smallest absolute Gasteiger partial charge is 0.321 e. The molecule has 8 heteroatoms. The van der Waals surface area contributed by atoms with Crippen LogP contribution in [0.15, 0.2) is 48.8 Å². The van der Waals surface area contributed by atoms with Crippen LogP contribution in [0.4, 0.5) is 14.9 Å². The normalized spacial score (nSPS) is 15.9. The zero-order chi connectivity index (χ0) is 22.4. The van der Waals surface area contributed by atoms with Crippen molar-refractivity contribution in [2.45, 2.75) is 38.1 Å². The van der Waals surface area contributed by atoms with E-state index in [4.69, 9.17) is 5.73 Å². The monoisotopic (exact) mass is 427 g/mol. The Kier molecular flexibility index (Phi) is 7.22. The molecule has 1 saturated heterocycles. The number of hydrogen-bond acceptors (Lipinski definition) is 4. The van der Waals surface area contributed by atoms with Crippen molar-refractivity contribution in [3.05, 3.63) is 60.2 Å². The van der Waals surface area contributed by atoms with Crippen LogP contribution in [-0.4, -0.2) is 47.5 Å². The molecule has 7 nitrogen and oxygen atoms in total. The quantitative estimate of drug-likeness (QED) is 0.660. The zero-order valence-electron chi connectivity index (χ0n) is 18.0. The molecule has 1 atom stereocenters. The van der Waals surface area contributed by atoms with Gasteiger partial charge in [0.2, 0.25) is 5.91 Å². The van der Waals surface area contributed by atoms with Gasteiger partial charge in [0.15, 0.2) is 0 Å². The lowest BCUT2D eigenvalue weighted by molar-refractivity contribution is -0.124. The van der Waals surface area contributed by atoms with Gasteiger partial charge in [0.05, 0.1) is 6.04 Å². The summed E-state index contributed by atoms with van der Waals surface area (Å²) in [5.41, 5.74) is 7.52. The fourth-order valence-corrected chi connectivity index (χ4v) is 3.74. The number of piperidine rings is 1. The van der Waals surface area contributed by atoms with Gasteiger partial charge in [0.25, 0.3) is 0 Å². The van der Waals surface area contributed by atoms with Crippen molar-refractivity contribution in [2.24, 2.45) is 11.7 Å². The maximum Gasteiger partial charge on any atom is 0.321 e. The number of rotatable bonds is 6. The van der Waals surface area contributed by atoms with E-state index in [1.807, 2.05) is 13.8 Å². The largest absolute Gasteiger partial charge is 0.354 e. The summed E-state index contributed by atoms with van der Waals surface area (Å²) in [5, 5.41) is 5.79. The van der Waals surface area contributed by atoms with Crippen LogP contribution in [0.2, 0.25) is 0 Å². The number of anilines is 1. The van der Waals surface area contributed by atoms with Crippen LogP contribution in [0.1, 0.15) is 32.3 Å². The summed E-state index contributed by atoms with van der Waals surface area (Å²) in [6, 6.07) is 8.98. The average Bonchev–Trinajstić information content (AvgIpc) is 2.78. The summed E-state index contributed by atoms with van der Waals surface area (Å²) >= 11 is 0. The van der Waals surface area contributed by atoms with E-state index >= 15 is 0 Å². The fourth-order valence-electron chi connectivity index (χ4n) is 3.74. The average molecular weight is 428 g/mol. The summed E-state index contributed by atoms with van der Waals surface area (Å²) in [6.45, 7) is 5.48. The summed E-state index contributed by atoms with van der Waals surface area (Å²) in [6.07, 6.45) is 4.58. The molecule has 0 bridgehead atoms. The Morgan fingerprint density at radius 2 is 1.77 bits per heavy atom. The number of nitrogens with zero attached hydrogens (tertiary/aromatic N) is 2. The van der Waals surface area contributed by atoms with E-state index in [0.29, 0.717) is 38.2 Å². The number of amides is 3. The number of carbonyl (C=O) groups is 2. The minimum absolute atomic E-state index is 0.0129. The molecule has 1 fully saturated rings. The lowest BCUT2D eigenvalue weighted by Gasteiger charge is -2.34. The molecule has 0 unspecified atom stereocenters. The first-order valence-corrected chi connectivity index (χ1v) is 10.5. The molecule has 0 aliphatic carbocycles.